The lowest BCUT2D eigenvalue weighted by Crippen LogP contribution is -1.94. The average molecular weight is 511 g/mol. The fraction of sp³-hybridized carbons (Fsp3) is 0.371. The van der Waals surface area contributed by atoms with E-state index in [2.05, 4.69) is 84.9 Å². The summed E-state index contributed by atoms with van der Waals surface area (Å²) in [6.07, 6.45) is 12.0. The predicted molar refractivity (Wildman–Crippen MR) is 160 cm³/mol. The SMILES string of the molecule is CC(=O)CCCCCCc1ccc2ccccc2c1.O=C(O)CCCCCCc1cccc2ccccc12. The van der Waals surface area contributed by atoms with E-state index in [9.17, 15) is 9.59 Å². The zero-order valence-electron chi connectivity index (χ0n) is 22.8. The number of hydrogen-bond donors (Lipinski definition) is 1. The fourth-order valence-electron chi connectivity index (χ4n) is 4.91. The topological polar surface area (TPSA) is 54.4 Å². The third-order valence-corrected chi connectivity index (χ3v) is 7.02. The van der Waals surface area contributed by atoms with Gasteiger partial charge in [-0.2, -0.15) is 0 Å². The molecule has 0 bridgehead atoms. The van der Waals surface area contributed by atoms with Gasteiger partial charge in [-0.05, 0) is 78.1 Å². The van der Waals surface area contributed by atoms with E-state index in [4.69, 9.17) is 5.11 Å². The second-order valence-electron chi connectivity index (χ2n) is 10.2. The lowest BCUT2D eigenvalue weighted by Gasteiger charge is -2.06. The van der Waals surface area contributed by atoms with Gasteiger partial charge in [-0.15, -0.1) is 0 Å². The quantitative estimate of drug-likeness (QED) is 0.172. The molecule has 200 valence electrons. The summed E-state index contributed by atoms with van der Waals surface area (Å²) in [5.41, 5.74) is 2.82. The first-order chi connectivity index (χ1) is 18.5. The van der Waals surface area contributed by atoms with Crippen LogP contribution in [0.5, 0.6) is 0 Å². The number of unbranched alkanes of at least 4 members (excludes halogenated alkanes) is 6. The Balaban J connectivity index is 0.000000211. The molecule has 1 N–H and O–H groups in total. The van der Waals surface area contributed by atoms with E-state index >= 15 is 0 Å². The molecule has 0 saturated heterocycles. The summed E-state index contributed by atoms with van der Waals surface area (Å²) in [4.78, 5) is 21.2. The third-order valence-electron chi connectivity index (χ3n) is 7.02. The summed E-state index contributed by atoms with van der Waals surface area (Å²) in [6.45, 7) is 1.68. The van der Waals surface area contributed by atoms with E-state index in [0.717, 1.165) is 51.4 Å². The molecule has 0 fully saturated rings. The Morgan fingerprint density at radius 2 is 1.18 bits per heavy atom. The zero-order valence-corrected chi connectivity index (χ0v) is 22.8. The van der Waals surface area contributed by atoms with Gasteiger partial charge >= 0.3 is 5.97 Å². The lowest BCUT2D eigenvalue weighted by molar-refractivity contribution is -0.137. The van der Waals surface area contributed by atoms with Crippen molar-refractivity contribution < 1.29 is 14.7 Å². The van der Waals surface area contributed by atoms with Crippen LogP contribution in [0.25, 0.3) is 21.5 Å². The number of carboxylic acids is 1. The highest BCUT2D eigenvalue weighted by atomic mass is 16.4. The summed E-state index contributed by atoms with van der Waals surface area (Å²) >= 11 is 0. The van der Waals surface area contributed by atoms with Crippen molar-refractivity contribution in [3.63, 3.8) is 0 Å². The van der Waals surface area contributed by atoms with Crippen molar-refractivity contribution in [3.05, 3.63) is 96.1 Å². The third kappa shape index (κ3) is 10.5. The van der Waals surface area contributed by atoms with Crippen LogP contribution in [0.1, 0.15) is 82.3 Å². The molecule has 0 amide bonds. The van der Waals surface area contributed by atoms with Gasteiger partial charge in [0.2, 0.25) is 0 Å². The Morgan fingerprint density at radius 3 is 1.92 bits per heavy atom. The fourth-order valence-corrected chi connectivity index (χ4v) is 4.91. The maximum Gasteiger partial charge on any atom is 0.303 e. The summed E-state index contributed by atoms with van der Waals surface area (Å²) in [5, 5.41) is 13.8. The van der Waals surface area contributed by atoms with E-state index in [-0.39, 0.29) is 0 Å². The minimum Gasteiger partial charge on any atom is -0.481 e. The number of carbonyl (C=O) groups is 2. The molecule has 3 heteroatoms. The minimum atomic E-state index is -0.686. The first kappa shape index (κ1) is 29.1. The number of carboxylic acid groups (broad SMARTS) is 1. The number of aryl methyl sites for hydroxylation is 2. The van der Waals surface area contributed by atoms with Gasteiger partial charge in [0.25, 0.3) is 0 Å². The second kappa shape index (κ2) is 16.4. The molecule has 0 saturated carbocycles. The van der Waals surface area contributed by atoms with E-state index in [1.807, 2.05) is 0 Å². The van der Waals surface area contributed by atoms with Crippen molar-refractivity contribution in [2.45, 2.75) is 84.0 Å². The average Bonchev–Trinajstić information content (AvgIpc) is 2.92. The molecular weight excluding hydrogens is 468 g/mol. The highest BCUT2D eigenvalue weighted by Gasteiger charge is 2.01. The van der Waals surface area contributed by atoms with Gasteiger partial charge in [-0.1, -0.05) is 111 Å². The molecule has 0 aromatic heterocycles. The summed E-state index contributed by atoms with van der Waals surface area (Å²) < 4.78 is 0. The molecule has 4 aromatic rings. The van der Waals surface area contributed by atoms with E-state index in [1.165, 1.54) is 51.9 Å². The number of carbonyl (C=O) groups excluding carboxylic acids is 1. The molecule has 38 heavy (non-hydrogen) atoms. The molecule has 3 nitrogen and oxygen atoms in total. The Labute approximate surface area is 227 Å². The van der Waals surface area contributed by atoms with Crippen molar-refractivity contribution in [2.24, 2.45) is 0 Å². The largest absolute Gasteiger partial charge is 0.481 e. The van der Waals surface area contributed by atoms with Crippen molar-refractivity contribution in [1.29, 1.82) is 0 Å². The van der Waals surface area contributed by atoms with Crippen LogP contribution < -0.4 is 0 Å². The Kier molecular flexibility index (Phi) is 12.6. The van der Waals surface area contributed by atoms with E-state index < -0.39 is 5.97 Å². The summed E-state index contributed by atoms with van der Waals surface area (Å²) in [5.74, 6) is -0.372. The van der Waals surface area contributed by atoms with Crippen LogP contribution in [0.4, 0.5) is 0 Å². The van der Waals surface area contributed by atoms with Crippen molar-refractivity contribution in [2.75, 3.05) is 0 Å². The van der Waals surface area contributed by atoms with Crippen molar-refractivity contribution in [3.8, 4) is 0 Å². The molecule has 0 aliphatic heterocycles. The van der Waals surface area contributed by atoms with Crippen molar-refractivity contribution in [1.82, 2.24) is 0 Å². The molecule has 4 rings (SSSR count). The van der Waals surface area contributed by atoms with Crippen molar-refractivity contribution >= 4 is 33.3 Å². The molecule has 0 unspecified atom stereocenters. The number of rotatable bonds is 14. The van der Waals surface area contributed by atoms with E-state index in [0.29, 0.717) is 12.2 Å². The van der Waals surface area contributed by atoms with Crippen LogP contribution in [-0.4, -0.2) is 16.9 Å². The standard InChI is InChI=1S/C18H22O.C17H20O2/c1-15(19)8-4-2-3-5-9-16-12-13-17-10-6-7-11-18(17)14-16;18-17(19)13-4-2-1-3-8-14-10-7-11-15-9-5-6-12-16(14)15/h6-7,10-14H,2-5,8-9H2,1H3;5-7,9-12H,1-4,8,13H2,(H,18,19). The summed E-state index contributed by atoms with van der Waals surface area (Å²) in [7, 11) is 0. The minimum absolute atomic E-state index is 0.300. The Bertz CT molecular complexity index is 1280. The molecular formula is C35H42O3. The number of ketones is 1. The van der Waals surface area contributed by atoms with Gasteiger partial charge in [-0.25, -0.2) is 0 Å². The van der Waals surface area contributed by atoms with Crippen LogP contribution in [0.15, 0.2) is 84.9 Å². The van der Waals surface area contributed by atoms with Gasteiger partial charge in [0, 0.05) is 12.8 Å². The highest BCUT2D eigenvalue weighted by Crippen LogP contribution is 2.21. The maximum absolute atomic E-state index is 10.8. The molecule has 4 aromatic carbocycles. The number of hydrogen-bond acceptors (Lipinski definition) is 2. The van der Waals surface area contributed by atoms with Crippen LogP contribution >= 0.6 is 0 Å². The first-order valence-corrected chi connectivity index (χ1v) is 14.2. The lowest BCUT2D eigenvalue weighted by atomic mass is 9.99. The molecule has 0 atom stereocenters. The van der Waals surface area contributed by atoms with Crippen LogP contribution in [0, 0.1) is 0 Å². The molecule has 0 spiro atoms. The first-order valence-electron chi connectivity index (χ1n) is 14.2. The number of benzene rings is 4. The van der Waals surface area contributed by atoms with Crippen LogP contribution in [0.3, 0.4) is 0 Å². The van der Waals surface area contributed by atoms with E-state index in [1.54, 1.807) is 6.92 Å². The van der Waals surface area contributed by atoms with Gasteiger partial charge in [0.05, 0.1) is 0 Å². The number of Topliss-reactive ketones (excluding diaryl/α,β-unsaturated/α-hetero) is 1. The molecule has 0 radical (unpaired) electrons. The van der Waals surface area contributed by atoms with Gasteiger partial charge < -0.3 is 9.90 Å². The molecule has 0 heterocycles. The van der Waals surface area contributed by atoms with Crippen LogP contribution in [0.2, 0.25) is 0 Å². The van der Waals surface area contributed by atoms with Gasteiger partial charge in [-0.3, -0.25) is 4.79 Å². The number of aliphatic carboxylic acids is 1. The monoisotopic (exact) mass is 510 g/mol. The zero-order chi connectivity index (χ0) is 27.0. The summed E-state index contributed by atoms with van der Waals surface area (Å²) in [6, 6.07) is 30.2. The maximum atomic E-state index is 10.8. The molecule has 0 aliphatic carbocycles. The molecule has 0 aliphatic rings. The number of fused-ring (bicyclic) bond motifs is 2. The van der Waals surface area contributed by atoms with Gasteiger partial charge in [0.15, 0.2) is 0 Å². The normalized spacial score (nSPS) is 10.8. The highest BCUT2D eigenvalue weighted by molar-refractivity contribution is 5.85. The predicted octanol–water partition coefficient (Wildman–Crippen LogP) is 9.34. The smallest absolute Gasteiger partial charge is 0.303 e. The van der Waals surface area contributed by atoms with Crippen LogP contribution in [-0.2, 0) is 22.4 Å². The second-order valence-corrected chi connectivity index (χ2v) is 10.2. The van der Waals surface area contributed by atoms with Gasteiger partial charge in [0.1, 0.15) is 5.78 Å². The Morgan fingerprint density at radius 1 is 0.579 bits per heavy atom. The Hall–Kier alpha value is -3.46.